The Morgan fingerprint density at radius 2 is 1.92 bits per heavy atom. The zero-order chi connectivity index (χ0) is 19.3. The highest BCUT2D eigenvalue weighted by atomic mass is 19.4. The van der Waals surface area contributed by atoms with Gasteiger partial charge >= 0.3 is 12.1 Å². The molecule has 0 saturated heterocycles. The van der Waals surface area contributed by atoms with E-state index < -0.39 is 12.1 Å². The van der Waals surface area contributed by atoms with Gasteiger partial charge in [-0.2, -0.15) is 13.2 Å². The predicted octanol–water partition coefficient (Wildman–Crippen LogP) is 2.74. The van der Waals surface area contributed by atoms with Gasteiger partial charge in [0.15, 0.2) is 0 Å². The van der Waals surface area contributed by atoms with Crippen LogP contribution in [0.2, 0.25) is 0 Å². The Morgan fingerprint density at radius 1 is 1.31 bits per heavy atom. The molecule has 2 N–H and O–H groups in total. The number of hydrogen-bond donors (Lipinski definition) is 2. The monoisotopic (exact) mass is 374 g/mol. The molecule has 0 unspecified atom stereocenters. The predicted molar refractivity (Wildman–Crippen MR) is 91.1 cm³/mol. The minimum Gasteiger partial charge on any atom is -0.475 e. The Kier molecular flexibility index (Phi) is 6.80. The highest BCUT2D eigenvalue weighted by Gasteiger charge is 2.38. The van der Waals surface area contributed by atoms with Gasteiger partial charge in [0.25, 0.3) is 0 Å². The maximum Gasteiger partial charge on any atom is 0.490 e. The molecular weight excluding hydrogens is 349 g/mol. The summed E-state index contributed by atoms with van der Waals surface area (Å²) in [6.45, 7) is 7.91. The van der Waals surface area contributed by atoms with E-state index in [1.54, 1.807) is 6.33 Å². The van der Waals surface area contributed by atoms with Crippen LogP contribution in [-0.2, 0) is 17.6 Å². The van der Waals surface area contributed by atoms with Crippen molar-refractivity contribution in [2.24, 2.45) is 5.92 Å². The number of aliphatic carboxylic acids is 1. The molecule has 3 rings (SSSR count). The van der Waals surface area contributed by atoms with Crippen LogP contribution in [0.3, 0.4) is 0 Å². The third-order valence-electron chi connectivity index (χ3n) is 4.26. The first-order valence-corrected chi connectivity index (χ1v) is 8.78. The summed E-state index contributed by atoms with van der Waals surface area (Å²) in [4.78, 5) is 20.4. The zero-order valence-corrected chi connectivity index (χ0v) is 15.0. The van der Waals surface area contributed by atoms with Gasteiger partial charge in [-0.1, -0.05) is 0 Å². The molecule has 0 amide bonds. The van der Waals surface area contributed by atoms with E-state index in [4.69, 9.17) is 9.90 Å². The Bertz CT molecular complexity index is 619. The van der Waals surface area contributed by atoms with Crippen LogP contribution in [0.4, 0.5) is 19.0 Å². The number of fused-ring (bicyclic) bond motifs is 1. The molecule has 0 atom stereocenters. The number of nitrogens with zero attached hydrogens (tertiary/aromatic N) is 3. The van der Waals surface area contributed by atoms with Crippen molar-refractivity contribution in [3.05, 3.63) is 17.6 Å². The number of carboxylic acids is 1. The average molecular weight is 374 g/mol. The van der Waals surface area contributed by atoms with Crippen molar-refractivity contribution in [3.8, 4) is 0 Å². The SMILES string of the molecule is CC(C)Nc1ncnc2c1CCN(CC1CC1)CC2.O=C(O)C(F)(F)F. The molecule has 1 aromatic rings. The van der Waals surface area contributed by atoms with Gasteiger partial charge in [0.2, 0.25) is 0 Å². The van der Waals surface area contributed by atoms with Crippen molar-refractivity contribution in [1.82, 2.24) is 14.9 Å². The van der Waals surface area contributed by atoms with Gasteiger partial charge in [0, 0.05) is 37.7 Å². The lowest BCUT2D eigenvalue weighted by Gasteiger charge is -2.19. The highest BCUT2D eigenvalue weighted by molar-refractivity contribution is 5.73. The van der Waals surface area contributed by atoms with Crippen molar-refractivity contribution in [2.75, 3.05) is 25.0 Å². The number of nitrogens with one attached hydrogen (secondary N) is 1. The van der Waals surface area contributed by atoms with Crippen molar-refractivity contribution < 1.29 is 23.1 Å². The summed E-state index contributed by atoms with van der Waals surface area (Å²) < 4.78 is 31.7. The summed E-state index contributed by atoms with van der Waals surface area (Å²) in [5.41, 5.74) is 2.59. The van der Waals surface area contributed by atoms with E-state index in [2.05, 4.69) is 34.0 Å². The number of rotatable bonds is 4. The third kappa shape index (κ3) is 6.44. The van der Waals surface area contributed by atoms with Gasteiger partial charge in [-0.25, -0.2) is 14.8 Å². The Hall–Kier alpha value is -1.90. The molecule has 1 aliphatic carbocycles. The number of halogens is 3. The van der Waals surface area contributed by atoms with E-state index in [-0.39, 0.29) is 0 Å². The maximum atomic E-state index is 10.6. The molecule has 6 nitrogen and oxygen atoms in total. The summed E-state index contributed by atoms with van der Waals surface area (Å²) in [6, 6.07) is 0.421. The van der Waals surface area contributed by atoms with E-state index in [0.29, 0.717) is 6.04 Å². The Balaban J connectivity index is 0.000000298. The van der Waals surface area contributed by atoms with Crippen LogP contribution in [0.25, 0.3) is 0 Å². The fourth-order valence-electron chi connectivity index (χ4n) is 2.82. The fraction of sp³-hybridized carbons (Fsp3) is 0.706. The van der Waals surface area contributed by atoms with Gasteiger partial charge < -0.3 is 15.3 Å². The van der Waals surface area contributed by atoms with Crippen LogP contribution in [0.5, 0.6) is 0 Å². The molecule has 0 spiro atoms. The zero-order valence-electron chi connectivity index (χ0n) is 15.0. The summed E-state index contributed by atoms with van der Waals surface area (Å²) in [5, 5.41) is 10.6. The van der Waals surface area contributed by atoms with Gasteiger partial charge in [-0.15, -0.1) is 0 Å². The standard InChI is InChI=1S/C15H24N4.C2HF3O2/c1-11(2)18-15-13-5-7-19(9-12-3-4-12)8-6-14(13)16-10-17-15;3-2(4,5)1(6)7/h10-12H,3-9H2,1-2H3,(H,16,17,18);(H,6,7). The Labute approximate surface area is 150 Å². The molecule has 0 radical (unpaired) electrons. The second kappa shape index (κ2) is 8.66. The molecule has 0 aromatic carbocycles. The molecule has 1 aliphatic heterocycles. The van der Waals surface area contributed by atoms with Crippen molar-refractivity contribution >= 4 is 11.8 Å². The van der Waals surface area contributed by atoms with Crippen molar-refractivity contribution in [1.29, 1.82) is 0 Å². The van der Waals surface area contributed by atoms with Crippen LogP contribution in [-0.4, -0.2) is 57.8 Å². The molecule has 26 heavy (non-hydrogen) atoms. The molecule has 2 aliphatic rings. The lowest BCUT2D eigenvalue weighted by atomic mass is 10.1. The molecule has 9 heteroatoms. The molecule has 1 saturated carbocycles. The summed E-state index contributed by atoms with van der Waals surface area (Å²) in [5.74, 6) is -0.735. The van der Waals surface area contributed by atoms with Crippen molar-refractivity contribution in [3.63, 3.8) is 0 Å². The molecule has 1 fully saturated rings. The molecular formula is C17H25F3N4O2. The minimum absolute atomic E-state index is 0.421. The smallest absolute Gasteiger partial charge is 0.475 e. The van der Waals surface area contributed by atoms with Crippen LogP contribution in [0, 0.1) is 5.92 Å². The van der Waals surface area contributed by atoms with E-state index in [0.717, 1.165) is 37.7 Å². The van der Waals surface area contributed by atoms with Crippen molar-refractivity contribution in [2.45, 2.75) is 51.7 Å². The second-order valence-corrected chi connectivity index (χ2v) is 6.99. The fourth-order valence-corrected chi connectivity index (χ4v) is 2.82. The second-order valence-electron chi connectivity index (χ2n) is 6.99. The molecule has 2 heterocycles. The number of hydrogen-bond acceptors (Lipinski definition) is 5. The van der Waals surface area contributed by atoms with E-state index in [1.165, 1.54) is 30.6 Å². The molecule has 0 bridgehead atoms. The normalized spacial score (nSPS) is 17.8. The first-order valence-electron chi connectivity index (χ1n) is 8.78. The van der Waals surface area contributed by atoms with E-state index >= 15 is 0 Å². The maximum absolute atomic E-state index is 10.6. The van der Waals surface area contributed by atoms with Gasteiger partial charge in [0.1, 0.15) is 12.1 Å². The van der Waals surface area contributed by atoms with Crippen LogP contribution >= 0.6 is 0 Å². The van der Waals surface area contributed by atoms with Gasteiger partial charge in [0.05, 0.1) is 5.69 Å². The number of anilines is 1. The summed E-state index contributed by atoms with van der Waals surface area (Å²) in [7, 11) is 0. The lowest BCUT2D eigenvalue weighted by Crippen LogP contribution is -2.28. The first-order chi connectivity index (χ1) is 12.2. The summed E-state index contributed by atoms with van der Waals surface area (Å²) >= 11 is 0. The third-order valence-corrected chi connectivity index (χ3v) is 4.26. The number of aromatic nitrogens is 2. The topological polar surface area (TPSA) is 78.4 Å². The van der Waals surface area contributed by atoms with Gasteiger partial charge in [-0.3, -0.25) is 0 Å². The number of carbonyl (C=O) groups is 1. The van der Waals surface area contributed by atoms with Crippen LogP contribution in [0.1, 0.15) is 37.9 Å². The lowest BCUT2D eigenvalue weighted by molar-refractivity contribution is -0.192. The number of carboxylic acid groups (broad SMARTS) is 1. The number of alkyl halides is 3. The molecule has 1 aromatic heterocycles. The van der Waals surface area contributed by atoms with Crippen LogP contribution < -0.4 is 5.32 Å². The quantitative estimate of drug-likeness (QED) is 0.844. The first kappa shape index (κ1) is 20.4. The average Bonchev–Trinajstić information content (AvgIpc) is 3.35. The Morgan fingerprint density at radius 3 is 2.46 bits per heavy atom. The van der Waals surface area contributed by atoms with Crippen LogP contribution in [0.15, 0.2) is 6.33 Å². The summed E-state index contributed by atoms with van der Waals surface area (Å²) in [6.07, 6.45) is 1.64. The van der Waals surface area contributed by atoms with E-state index in [9.17, 15) is 13.2 Å². The molecule has 146 valence electrons. The highest BCUT2D eigenvalue weighted by Crippen LogP contribution is 2.30. The minimum atomic E-state index is -5.08. The largest absolute Gasteiger partial charge is 0.490 e. The van der Waals surface area contributed by atoms with E-state index in [1.807, 2.05) is 0 Å². The van der Waals surface area contributed by atoms with Gasteiger partial charge in [-0.05, 0) is 39.0 Å².